The molecule has 1 atom stereocenters. The Morgan fingerprint density at radius 1 is 1.42 bits per heavy atom. The SMILES string of the molecule is CC(C)C(Nc1nccc(C(=O)O)n1)c1cccs1. The van der Waals surface area contributed by atoms with Crippen LogP contribution in [0.15, 0.2) is 29.8 Å². The largest absolute Gasteiger partial charge is 0.477 e. The zero-order valence-corrected chi connectivity index (χ0v) is 11.5. The van der Waals surface area contributed by atoms with E-state index in [1.807, 2.05) is 17.5 Å². The van der Waals surface area contributed by atoms with Gasteiger partial charge in [0.2, 0.25) is 5.95 Å². The Kier molecular flexibility index (Phi) is 4.11. The highest BCUT2D eigenvalue weighted by molar-refractivity contribution is 7.10. The fraction of sp³-hybridized carbons (Fsp3) is 0.308. The molecule has 0 aliphatic heterocycles. The molecule has 0 bridgehead atoms. The molecule has 0 saturated carbocycles. The van der Waals surface area contributed by atoms with Gasteiger partial charge in [-0.05, 0) is 23.4 Å². The van der Waals surface area contributed by atoms with E-state index >= 15 is 0 Å². The number of nitrogens with one attached hydrogen (secondary N) is 1. The molecule has 100 valence electrons. The first-order valence-corrected chi connectivity index (χ1v) is 6.82. The number of carbonyl (C=O) groups is 1. The number of nitrogens with zero attached hydrogens (tertiary/aromatic N) is 2. The van der Waals surface area contributed by atoms with Gasteiger partial charge in [0.15, 0.2) is 5.69 Å². The average molecular weight is 277 g/mol. The molecule has 19 heavy (non-hydrogen) atoms. The molecule has 2 aromatic heterocycles. The van der Waals surface area contributed by atoms with E-state index in [1.165, 1.54) is 17.1 Å². The molecule has 1 unspecified atom stereocenters. The molecule has 2 rings (SSSR count). The van der Waals surface area contributed by atoms with Crippen LogP contribution in [0.5, 0.6) is 0 Å². The molecule has 5 nitrogen and oxygen atoms in total. The summed E-state index contributed by atoms with van der Waals surface area (Å²) in [5.74, 6) is -0.370. The Morgan fingerprint density at radius 3 is 2.79 bits per heavy atom. The number of thiophene rings is 1. The molecule has 0 fully saturated rings. The van der Waals surface area contributed by atoms with Crippen molar-refractivity contribution in [3.05, 3.63) is 40.3 Å². The summed E-state index contributed by atoms with van der Waals surface area (Å²) in [6, 6.07) is 5.49. The van der Waals surface area contributed by atoms with Crippen LogP contribution in [0, 0.1) is 5.92 Å². The molecule has 0 aliphatic carbocycles. The summed E-state index contributed by atoms with van der Waals surface area (Å²) >= 11 is 1.65. The molecule has 0 amide bonds. The van der Waals surface area contributed by atoms with Crippen molar-refractivity contribution in [1.29, 1.82) is 0 Å². The first-order valence-electron chi connectivity index (χ1n) is 5.94. The van der Waals surface area contributed by atoms with Gasteiger partial charge in [0.05, 0.1) is 6.04 Å². The third kappa shape index (κ3) is 3.29. The maximum absolute atomic E-state index is 10.9. The minimum absolute atomic E-state index is 0.00816. The van der Waals surface area contributed by atoms with Gasteiger partial charge in [-0.15, -0.1) is 11.3 Å². The monoisotopic (exact) mass is 277 g/mol. The molecule has 2 N–H and O–H groups in total. The molecule has 0 radical (unpaired) electrons. The van der Waals surface area contributed by atoms with E-state index in [1.54, 1.807) is 11.3 Å². The predicted molar refractivity (Wildman–Crippen MR) is 74.5 cm³/mol. The summed E-state index contributed by atoms with van der Waals surface area (Å²) in [6.45, 7) is 4.19. The fourth-order valence-corrected chi connectivity index (χ4v) is 2.67. The fourth-order valence-electron chi connectivity index (χ4n) is 1.72. The van der Waals surface area contributed by atoms with E-state index in [0.29, 0.717) is 11.9 Å². The van der Waals surface area contributed by atoms with Crippen LogP contribution in [0.25, 0.3) is 0 Å². The summed E-state index contributed by atoms with van der Waals surface area (Å²) in [4.78, 5) is 20.1. The number of carboxylic acid groups (broad SMARTS) is 1. The Morgan fingerprint density at radius 2 is 2.21 bits per heavy atom. The summed E-state index contributed by atoms with van der Waals surface area (Å²) in [5, 5.41) is 14.1. The summed E-state index contributed by atoms with van der Waals surface area (Å²) in [5.41, 5.74) is -0.00816. The first kappa shape index (κ1) is 13.5. The van der Waals surface area contributed by atoms with Crippen molar-refractivity contribution >= 4 is 23.3 Å². The van der Waals surface area contributed by atoms with Gasteiger partial charge in [-0.2, -0.15) is 0 Å². The molecular formula is C13H15N3O2S. The van der Waals surface area contributed by atoms with Gasteiger partial charge in [-0.25, -0.2) is 14.8 Å². The van der Waals surface area contributed by atoms with Crippen LogP contribution < -0.4 is 5.32 Å². The minimum atomic E-state index is -1.05. The number of aromatic carboxylic acids is 1. The van der Waals surface area contributed by atoms with Crippen molar-refractivity contribution in [1.82, 2.24) is 9.97 Å². The number of aromatic nitrogens is 2. The van der Waals surface area contributed by atoms with Crippen LogP contribution in [0.2, 0.25) is 0 Å². The molecule has 2 heterocycles. The lowest BCUT2D eigenvalue weighted by atomic mass is 10.0. The number of rotatable bonds is 5. The second-order valence-corrected chi connectivity index (χ2v) is 5.43. The molecule has 0 aliphatic rings. The number of anilines is 1. The highest BCUT2D eigenvalue weighted by Crippen LogP contribution is 2.28. The first-order chi connectivity index (χ1) is 9.08. The van der Waals surface area contributed by atoms with E-state index in [9.17, 15) is 4.79 Å². The normalized spacial score (nSPS) is 12.4. The standard InChI is InChI=1S/C13H15N3O2S/c1-8(2)11(10-4-3-7-19-10)16-13-14-6-5-9(15-13)12(17)18/h3-8,11H,1-2H3,(H,17,18)(H,14,15,16). The Balaban J connectivity index is 2.22. The van der Waals surface area contributed by atoms with Crippen molar-refractivity contribution in [2.75, 3.05) is 5.32 Å². The molecule has 0 saturated heterocycles. The molecule has 2 aromatic rings. The van der Waals surface area contributed by atoms with Crippen molar-refractivity contribution in [2.24, 2.45) is 5.92 Å². The predicted octanol–water partition coefficient (Wildman–Crippen LogP) is 3.05. The zero-order chi connectivity index (χ0) is 13.8. The third-order valence-electron chi connectivity index (χ3n) is 2.68. The maximum Gasteiger partial charge on any atom is 0.354 e. The Bertz CT molecular complexity index is 555. The van der Waals surface area contributed by atoms with Crippen molar-refractivity contribution in [3.8, 4) is 0 Å². The summed E-state index contributed by atoms with van der Waals surface area (Å²) in [6.07, 6.45) is 1.45. The Labute approximate surface area is 115 Å². The van der Waals surface area contributed by atoms with E-state index in [0.717, 1.165) is 0 Å². The van der Waals surface area contributed by atoms with Gasteiger partial charge in [0.1, 0.15) is 0 Å². The van der Waals surface area contributed by atoms with Gasteiger partial charge in [-0.1, -0.05) is 19.9 Å². The van der Waals surface area contributed by atoms with E-state index in [2.05, 4.69) is 29.1 Å². The second-order valence-electron chi connectivity index (χ2n) is 4.45. The van der Waals surface area contributed by atoms with Crippen LogP contribution >= 0.6 is 11.3 Å². The van der Waals surface area contributed by atoms with Crippen LogP contribution in [0.4, 0.5) is 5.95 Å². The maximum atomic E-state index is 10.9. The van der Waals surface area contributed by atoms with E-state index in [4.69, 9.17) is 5.11 Å². The topological polar surface area (TPSA) is 75.1 Å². The molecule has 0 aromatic carbocycles. The second kappa shape index (κ2) is 5.79. The quantitative estimate of drug-likeness (QED) is 0.878. The van der Waals surface area contributed by atoms with Gasteiger partial charge in [0, 0.05) is 11.1 Å². The third-order valence-corrected chi connectivity index (χ3v) is 3.63. The van der Waals surface area contributed by atoms with E-state index < -0.39 is 5.97 Å². The van der Waals surface area contributed by atoms with Crippen LogP contribution in [0.1, 0.15) is 35.3 Å². The highest BCUT2D eigenvalue weighted by atomic mass is 32.1. The lowest BCUT2D eigenvalue weighted by Crippen LogP contribution is -2.18. The van der Waals surface area contributed by atoms with Gasteiger partial charge in [-0.3, -0.25) is 0 Å². The lowest BCUT2D eigenvalue weighted by molar-refractivity contribution is 0.0690. The molecule has 6 heteroatoms. The minimum Gasteiger partial charge on any atom is -0.477 e. The van der Waals surface area contributed by atoms with Gasteiger partial charge >= 0.3 is 5.97 Å². The smallest absolute Gasteiger partial charge is 0.354 e. The van der Waals surface area contributed by atoms with Crippen molar-refractivity contribution < 1.29 is 9.90 Å². The van der Waals surface area contributed by atoms with Crippen LogP contribution in [-0.4, -0.2) is 21.0 Å². The zero-order valence-electron chi connectivity index (χ0n) is 10.7. The van der Waals surface area contributed by atoms with Crippen LogP contribution in [-0.2, 0) is 0 Å². The van der Waals surface area contributed by atoms with E-state index in [-0.39, 0.29) is 11.7 Å². The number of hydrogen-bond donors (Lipinski definition) is 2. The van der Waals surface area contributed by atoms with Crippen LogP contribution in [0.3, 0.4) is 0 Å². The lowest BCUT2D eigenvalue weighted by Gasteiger charge is -2.21. The highest BCUT2D eigenvalue weighted by Gasteiger charge is 2.18. The molecular weight excluding hydrogens is 262 g/mol. The summed E-state index contributed by atoms with van der Waals surface area (Å²) < 4.78 is 0. The number of hydrogen-bond acceptors (Lipinski definition) is 5. The van der Waals surface area contributed by atoms with Crippen molar-refractivity contribution in [3.63, 3.8) is 0 Å². The average Bonchev–Trinajstić information content (AvgIpc) is 2.89. The van der Waals surface area contributed by atoms with Crippen molar-refractivity contribution in [2.45, 2.75) is 19.9 Å². The van der Waals surface area contributed by atoms with Gasteiger partial charge in [0.25, 0.3) is 0 Å². The van der Waals surface area contributed by atoms with Gasteiger partial charge < -0.3 is 10.4 Å². The summed E-state index contributed by atoms with van der Waals surface area (Å²) in [7, 11) is 0. The number of carboxylic acids is 1. The Hall–Kier alpha value is -1.95. The molecule has 0 spiro atoms.